The third kappa shape index (κ3) is 2.09. The summed E-state index contributed by atoms with van der Waals surface area (Å²) in [6, 6.07) is 0. The first kappa shape index (κ1) is 10.7. The molecular formula is C8H17PSe. The molecule has 0 aliphatic rings. The normalized spacial score (nSPS) is 12.6. The number of hydrogen-bond acceptors (Lipinski definition) is 0. The molecular weight excluding hydrogens is 206 g/mol. The quantitative estimate of drug-likeness (QED) is 0.509. The van der Waals surface area contributed by atoms with Crippen molar-refractivity contribution >= 4 is 20.6 Å². The van der Waals surface area contributed by atoms with Gasteiger partial charge in [-0.1, -0.05) is 0 Å². The summed E-state index contributed by atoms with van der Waals surface area (Å²) < 4.78 is 0. The Labute approximate surface area is 72.3 Å². The van der Waals surface area contributed by atoms with E-state index < -0.39 is 5.51 Å². The van der Waals surface area contributed by atoms with E-state index in [-0.39, 0.29) is 0 Å². The fraction of sp³-hybridized carbons (Fsp3) is 0.750. The van der Waals surface area contributed by atoms with Crippen molar-refractivity contribution in [3.63, 3.8) is 0 Å². The Morgan fingerprint density at radius 2 is 1.50 bits per heavy atom. The molecule has 0 heterocycles. The Kier molecular flexibility index (Phi) is 4.17. The van der Waals surface area contributed by atoms with Crippen LogP contribution in [0.1, 0.15) is 27.7 Å². The van der Waals surface area contributed by atoms with Crippen molar-refractivity contribution in [3.8, 4) is 0 Å². The molecule has 0 nitrogen and oxygen atoms in total. The van der Waals surface area contributed by atoms with E-state index >= 15 is 0 Å². The summed E-state index contributed by atoms with van der Waals surface area (Å²) in [5.41, 5.74) is 0.526. The zero-order valence-corrected chi connectivity index (χ0v) is 9.90. The van der Waals surface area contributed by atoms with Gasteiger partial charge in [0.05, 0.1) is 0 Å². The molecule has 0 N–H and O–H groups in total. The number of hydrogen-bond donors (Lipinski definition) is 0. The topological polar surface area (TPSA) is 0 Å². The molecule has 0 aliphatic heterocycles. The Morgan fingerprint density at radius 3 is 1.50 bits per heavy atom. The molecule has 2 heteroatoms. The molecule has 0 bridgehead atoms. The third-order valence-corrected chi connectivity index (χ3v) is 11.9. The second-order valence-corrected chi connectivity index (χ2v) is 11.1. The van der Waals surface area contributed by atoms with E-state index in [0.29, 0.717) is 0 Å². The summed E-state index contributed by atoms with van der Waals surface area (Å²) in [5.74, 6) is 2.14. The summed E-state index contributed by atoms with van der Waals surface area (Å²) >= 11 is 3.33. The summed E-state index contributed by atoms with van der Waals surface area (Å²) in [5, 5.41) is 0. The summed E-state index contributed by atoms with van der Waals surface area (Å²) in [7, 11) is 0. The Bertz CT molecular complexity index is 147. The molecule has 0 radical (unpaired) electrons. The van der Waals surface area contributed by atoms with E-state index in [1.54, 1.807) is 0 Å². The van der Waals surface area contributed by atoms with E-state index in [1.165, 1.54) is 0 Å². The monoisotopic (exact) mass is 224 g/mol. The van der Waals surface area contributed by atoms with Gasteiger partial charge < -0.3 is 0 Å². The van der Waals surface area contributed by atoms with Gasteiger partial charge in [0.15, 0.2) is 0 Å². The van der Waals surface area contributed by atoms with Crippen LogP contribution in [0.3, 0.4) is 0 Å². The van der Waals surface area contributed by atoms with Crippen LogP contribution in [0, 0.1) is 0 Å². The van der Waals surface area contributed by atoms with Crippen molar-refractivity contribution < 1.29 is 0 Å². The predicted molar refractivity (Wildman–Crippen MR) is 53.1 cm³/mol. The van der Waals surface area contributed by atoms with E-state index in [2.05, 4.69) is 55.2 Å². The minimum atomic E-state index is -0.955. The van der Waals surface area contributed by atoms with Crippen LogP contribution in [0.5, 0.6) is 0 Å². The van der Waals surface area contributed by atoms with Gasteiger partial charge in [0.25, 0.3) is 0 Å². The van der Waals surface area contributed by atoms with Crippen LogP contribution < -0.4 is 0 Å². The van der Waals surface area contributed by atoms with Crippen LogP contribution in [0.15, 0.2) is 12.4 Å². The number of rotatable bonds is 3. The molecule has 0 rings (SSSR count). The molecule has 0 fully saturated rings. The van der Waals surface area contributed by atoms with E-state index in [0.717, 1.165) is 11.3 Å². The van der Waals surface area contributed by atoms with Crippen molar-refractivity contribution in [2.24, 2.45) is 0 Å². The van der Waals surface area contributed by atoms with Gasteiger partial charge in [0, 0.05) is 0 Å². The van der Waals surface area contributed by atoms with E-state index in [4.69, 9.17) is 0 Å². The van der Waals surface area contributed by atoms with Crippen molar-refractivity contribution in [1.82, 2.24) is 0 Å². The molecule has 60 valence electrons. The van der Waals surface area contributed by atoms with E-state index in [9.17, 15) is 0 Å². The second-order valence-electron chi connectivity index (χ2n) is 3.13. The van der Waals surface area contributed by atoms with Crippen LogP contribution >= 0.6 is 5.51 Å². The molecule has 0 aromatic rings. The fourth-order valence-electron chi connectivity index (χ4n) is 1.02. The van der Waals surface area contributed by atoms with Crippen LogP contribution in [-0.2, 0) is 0 Å². The summed E-state index contributed by atoms with van der Waals surface area (Å²) in [6.07, 6.45) is 0. The SMILES string of the molecule is C=CP(=[Se])(C(C)C)C(C)C. The van der Waals surface area contributed by atoms with Gasteiger partial charge in [-0.3, -0.25) is 0 Å². The van der Waals surface area contributed by atoms with Crippen LogP contribution in [0.25, 0.3) is 0 Å². The van der Waals surface area contributed by atoms with Gasteiger partial charge in [-0.2, -0.15) is 0 Å². The molecule has 0 spiro atoms. The van der Waals surface area contributed by atoms with Gasteiger partial charge >= 0.3 is 72.0 Å². The van der Waals surface area contributed by atoms with Crippen LogP contribution in [-0.4, -0.2) is 26.4 Å². The first-order valence-electron chi connectivity index (χ1n) is 3.67. The van der Waals surface area contributed by atoms with Crippen molar-refractivity contribution in [2.45, 2.75) is 39.0 Å². The van der Waals surface area contributed by atoms with Gasteiger partial charge in [-0.25, -0.2) is 0 Å². The van der Waals surface area contributed by atoms with Gasteiger partial charge in [-0.05, 0) is 0 Å². The van der Waals surface area contributed by atoms with Crippen molar-refractivity contribution in [2.75, 3.05) is 0 Å². The molecule has 10 heavy (non-hydrogen) atoms. The summed E-state index contributed by atoms with van der Waals surface area (Å²) in [6.45, 7) is 13.0. The van der Waals surface area contributed by atoms with Crippen molar-refractivity contribution in [1.29, 1.82) is 0 Å². The predicted octanol–water partition coefficient (Wildman–Crippen LogP) is 3.05. The second kappa shape index (κ2) is 3.90. The van der Waals surface area contributed by atoms with Crippen LogP contribution in [0.2, 0.25) is 0 Å². The zero-order valence-electron chi connectivity index (χ0n) is 7.29. The first-order valence-corrected chi connectivity index (χ1v) is 7.89. The maximum absolute atomic E-state index is 3.89. The Morgan fingerprint density at radius 1 is 1.20 bits per heavy atom. The zero-order chi connectivity index (χ0) is 8.36. The Hall–Kier alpha value is 0.689. The van der Waals surface area contributed by atoms with Gasteiger partial charge in [0.2, 0.25) is 0 Å². The Balaban J connectivity index is 4.57. The average Bonchev–Trinajstić information content (AvgIpc) is 1.85. The fourth-order valence-corrected chi connectivity index (χ4v) is 3.05. The molecule has 0 unspecified atom stereocenters. The van der Waals surface area contributed by atoms with Crippen molar-refractivity contribution in [3.05, 3.63) is 12.4 Å². The molecule has 0 aliphatic carbocycles. The first-order chi connectivity index (χ1) is 4.45. The molecule has 0 aromatic carbocycles. The average molecular weight is 223 g/mol. The maximum atomic E-state index is 3.89. The third-order valence-electron chi connectivity index (χ3n) is 1.90. The molecule has 0 saturated carbocycles. The van der Waals surface area contributed by atoms with E-state index in [1.807, 2.05) is 0 Å². The molecule has 0 amide bonds. The van der Waals surface area contributed by atoms with Crippen LogP contribution in [0.4, 0.5) is 0 Å². The summed E-state index contributed by atoms with van der Waals surface area (Å²) in [4.78, 5) is 0. The molecule has 0 atom stereocenters. The standard InChI is InChI=1S/C8H17PSe/c1-6-9(10,7(2)3)8(4)5/h6-8H,1H2,2-5H3. The molecule has 0 saturated heterocycles. The minimum absolute atomic E-state index is 0.741. The molecule has 0 aromatic heterocycles. The van der Waals surface area contributed by atoms with Gasteiger partial charge in [0.1, 0.15) is 0 Å². The van der Waals surface area contributed by atoms with Gasteiger partial charge in [-0.15, -0.1) is 0 Å².